The molecule has 1 aliphatic rings. The van der Waals surface area contributed by atoms with Gasteiger partial charge in [-0.05, 0) is 19.4 Å². The van der Waals surface area contributed by atoms with E-state index in [2.05, 4.69) is 5.32 Å². The Bertz CT molecular complexity index is 211. The molecule has 1 heterocycles. The zero-order chi connectivity index (χ0) is 11.3. The fourth-order valence-corrected chi connectivity index (χ4v) is 2.02. The lowest BCUT2D eigenvalue weighted by Crippen LogP contribution is -2.51. The van der Waals surface area contributed by atoms with E-state index in [1.807, 2.05) is 4.90 Å². The molecular formula is C10H21N3O2. The summed E-state index contributed by atoms with van der Waals surface area (Å²) in [5, 5.41) is 12.1. The number of β-amino-alcohol motifs (C(OH)–C–C–N with tert-alkyl or cyclic N) is 1. The highest BCUT2D eigenvalue weighted by molar-refractivity contribution is 5.81. The van der Waals surface area contributed by atoms with Crippen molar-refractivity contribution in [3.8, 4) is 0 Å². The van der Waals surface area contributed by atoms with Crippen molar-refractivity contribution in [2.24, 2.45) is 5.73 Å². The Balaban J connectivity index is 2.53. The number of piperidine rings is 1. The van der Waals surface area contributed by atoms with Crippen LogP contribution >= 0.6 is 0 Å². The van der Waals surface area contributed by atoms with Crippen LogP contribution in [-0.2, 0) is 4.79 Å². The maximum Gasteiger partial charge on any atom is 0.237 e. The molecule has 5 heteroatoms. The van der Waals surface area contributed by atoms with Crippen molar-refractivity contribution in [3.05, 3.63) is 0 Å². The summed E-state index contributed by atoms with van der Waals surface area (Å²) >= 11 is 0. The number of carbonyl (C=O) groups is 1. The van der Waals surface area contributed by atoms with E-state index in [0.29, 0.717) is 6.54 Å². The number of rotatable bonds is 4. The zero-order valence-corrected chi connectivity index (χ0v) is 9.28. The summed E-state index contributed by atoms with van der Waals surface area (Å²) in [4.78, 5) is 13.6. The standard InChI is InChI=1S/C10H21N3O2/c1-12-10(15)9-4-2-3-5-13(9)7-8(14)6-11/h8-9,14H,2-7,11H2,1H3,(H,12,15). The molecular weight excluding hydrogens is 194 g/mol. The van der Waals surface area contributed by atoms with Crippen molar-refractivity contribution in [2.75, 3.05) is 26.7 Å². The number of hydrogen-bond donors (Lipinski definition) is 3. The van der Waals surface area contributed by atoms with E-state index in [0.717, 1.165) is 25.8 Å². The van der Waals surface area contributed by atoms with Gasteiger partial charge < -0.3 is 16.2 Å². The van der Waals surface area contributed by atoms with E-state index in [1.54, 1.807) is 7.05 Å². The molecule has 0 aromatic heterocycles. The third kappa shape index (κ3) is 3.44. The summed E-state index contributed by atoms with van der Waals surface area (Å²) in [6, 6.07) is -0.0926. The highest BCUT2D eigenvalue weighted by Gasteiger charge is 2.28. The number of aliphatic hydroxyl groups excluding tert-OH is 1. The molecule has 0 bridgehead atoms. The zero-order valence-electron chi connectivity index (χ0n) is 9.28. The van der Waals surface area contributed by atoms with Crippen LogP contribution in [0.5, 0.6) is 0 Å². The Hall–Kier alpha value is -0.650. The van der Waals surface area contributed by atoms with Gasteiger partial charge in [-0.1, -0.05) is 6.42 Å². The van der Waals surface area contributed by atoms with Gasteiger partial charge in [-0.3, -0.25) is 9.69 Å². The normalized spacial score (nSPS) is 24.9. The highest BCUT2D eigenvalue weighted by Crippen LogP contribution is 2.17. The molecule has 0 aliphatic carbocycles. The minimum Gasteiger partial charge on any atom is -0.390 e. The van der Waals surface area contributed by atoms with Gasteiger partial charge in [0.05, 0.1) is 12.1 Å². The Morgan fingerprint density at radius 2 is 2.40 bits per heavy atom. The fraction of sp³-hybridized carbons (Fsp3) is 0.900. The molecule has 2 atom stereocenters. The molecule has 1 aliphatic heterocycles. The molecule has 2 unspecified atom stereocenters. The molecule has 1 fully saturated rings. The summed E-state index contributed by atoms with van der Waals surface area (Å²) in [5.41, 5.74) is 5.37. The number of nitrogens with two attached hydrogens (primary N) is 1. The largest absolute Gasteiger partial charge is 0.390 e. The van der Waals surface area contributed by atoms with Gasteiger partial charge in [0.1, 0.15) is 0 Å². The fourth-order valence-electron chi connectivity index (χ4n) is 2.02. The van der Waals surface area contributed by atoms with Crippen molar-refractivity contribution >= 4 is 5.91 Å². The van der Waals surface area contributed by atoms with Crippen molar-refractivity contribution in [1.82, 2.24) is 10.2 Å². The van der Waals surface area contributed by atoms with E-state index in [-0.39, 0.29) is 18.5 Å². The average molecular weight is 215 g/mol. The maximum atomic E-state index is 11.6. The first-order chi connectivity index (χ1) is 7.19. The molecule has 1 rings (SSSR count). The van der Waals surface area contributed by atoms with E-state index < -0.39 is 6.10 Å². The smallest absolute Gasteiger partial charge is 0.237 e. The van der Waals surface area contributed by atoms with Crippen LogP contribution in [0, 0.1) is 0 Å². The third-order valence-corrected chi connectivity index (χ3v) is 2.88. The maximum absolute atomic E-state index is 11.6. The first-order valence-electron chi connectivity index (χ1n) is 5.52. The van der Waals surface area contributed by atoms with Crippen molar-refractivity contribution in [2.45, 2.75) is 31.4 Å². The van der Waals surface area contributed by atoms with E-state index in [1.165, 1.54) is 0 Å². The second kappa shape index (κ2) is 6.05. The Kier molecular flexibility index (Phi) is 5.01. The molecule has 88 valence electrons. The molecule has 0 saturated carbocycles. The van der Waals surface area contributed by atoms with E-state index >= 15 is 0 Å². The lowest BCUT2D eigenvalue weighted by molar-refractivity contribution is -0.127. The highest BCUT2D eigenvalue weighted by atomic mass is 16.3. The quantitative estimate of drug-likeness (QED) is 0.556. The van der Waals surface area contributed by atoms with Gasteiger partial charge in [0.2, 0.25) is 5.91 Å². The Morgan fingerprint density at radius 3 is 3.00 bits per heavy atom. The summed E-state index contributed by atoms with van der Waals surface area (Å²) < 4.78 is 0. The minimum absolute atomic E-state index is 0.0407. The van der Waals surface area contributed by atoms with Crippen LogP contribution in [0.4, 0.5) is 0 Å². The van der Waals surface area contributed by atoms with Crippen LogP contribution in [0.2, 0.25) is 0 Å². The molecule has 5 nitrogen and oxygen atoms in total. The number of nitrogens with zero attached hydrogens (tertiary/aromatic N) is 1. The molecule has 1 amide bonds. The van der Waals surface area contributed by atoms with Crippen LogP contribution in [-0.4, -0.2) is 54.7 Å². The van der Waals surface area contributed by atoms with Gasteiger partial charge in [-0.2, -0.15) is 0 Å². The first-order valence-corrected chi connectivity index (χ1v) is 5.52. The monoisotopic (exact) mass is 215 g/mol. The van der Waals surface area contributed by atoms with Gasteiger partial charge in [-0.25, -0.2) is 0 Å². The molecule has 4 N–H and O–H groups in total. The SMILES string of the molecule is CNC(=O)C1CCCCN1CC(O)CN. The number of likely N-dealkylation sites (tertiary alicyclic amines) is 1. The van der Waals surface area contributed by atoms with Gasteiger partial charge in [0, 0.05) is 20.1 Å². The van der Waals surface area contributed by atoms with Crippen molar-refractivity contribution in [3.63, 3.8) is 0 Å². The van der Waals surface area contributed by atoms with Crippen molar-refractivity contribution < 1.29 is 9.90 Å². The molecule has 0 spiro atoms. The topological polar surface area (TPSA) is 78.6 Å². The van der Waals surface area contributed by atoms with Crippen LogP contribution in [0.25, 0.3) is 0 Å². The predicted octanol–water partition coefficient (Wildman–Crippen LogP) is -1.09. The average Bonchev–Trinajstić information content (AvgIpc) is 2.28. The molecule has 15 heavy (non-hydrogen) atoms. The van der Waals surface area contributed by atoms with Crippen LogP contribution in [0.3, 0.4) is 0 Å². The summed E-state index contributed by atoms with van der Waals surface area (Å²) in [5.74, 6) is 0.0407. The minimum atomic E-state index is -0.532. The number of aliphatic hydroxyl groups is 1. The second-order valence-electron chi connectivity index (χ2n) is 4.01. The number of hydrogen-bond acceptors (Lipinski definition) is 4. The van der Waals surface area contributed by atoms with Crippen LogP contribution in [0.15, 0.2) is 0 Å². The first kappa shape index (κ1) is 12.4. The lowest BCUT2D eigenvalue weighted by atomic mass is 10.0. The molecule has 0 aromatic carbocycles. The van der Waals surface area contributed by atoms with Gasteiger partial charge in [0.15, 0.2) is 0 Å². The number of nitrogens with one attached hydrogen (secondary N) is 1. The lowest BCUT2D eigenvalue weighted by Gasteiger charge is -2.35. The number of carbonyl (C=O) groups excluding carboxylic acids is 1. The molecule has 1 saturated heterocycles. The molecule has 0 radical (unpaired) electrons. The van der Waals surface area contributed by atoms with E-state index in [4.69, 9.17) is 5.73 Å². The van der Waals surface area contributed by atoms with Gasteiger partial charge in [0.25, 0.3) is 0 Å². The predicted molar refractivity (Wildman–Crippen MR) is 58.3 cm³/mol. The van der Waals surface area contributed by atoms with Crippen LogP contribution in [0.1, 0.15) is 19.3 Å². The van der Waals surface area contributed by atoms with Crippen molar-refractivity contribution in [1.29, 1.82) is 0 Å². The van der Waals surface area contributed by atoms with E-state index in [9.17, 15) is 9.90 Å². The summed E-state index contributed by atoms with van der Waals surface area (Å²) in [7, 11) is 1.65. The third-order valence-electron chi connectivity index (χ3n) is 2.88. The molecule has 0 aromatic rings. The van der Waals surface area contributed by atoms with Crippen LogP contribution < -0.4 is 11.1 Å². The van der Waals surface area contributed by atoms with Gasteiger partial charge >= 0.3 is 0 Å². The Morgan fingerprint density at radius 1 is 1.67 bits per heavy atom. The summed E-state index contributed by atoms with van der Waals surface area (Å²) in [6.45, 7) is 1.61. The number of amides is 1. The van der Waals surface area contributed by atoms with Gasteiger partial charge in [-0.15, -0.1) is 0 Å². The number of likely N-dealkylation sites (N-methyl/N-ethyl adjacent to an activating group) is 1. The second-order valence-corrected chi connectivity index (χ2v) is 4.01. The Labute approximate surface area is 90.6 Å². The summed E-state index contributed by atoms with van der Waals surface area (Å²) in [6.07, 6.45) is 2.50.